The molecule has 1 heterocycles. The lowest BCUT2D eigenvalue weighted by Crippen LogP contribution is -2.04. The summed E-state index contributed by atoms with van der Waals surface area (Å²) in [4.78, 5) is 15.5. The van der Waals surface area contributed by atoms with Crippen LogP contribution < -0.4 is 4.74 Å². The highest BCUT2D eigenvalue weighted by Crippen LogP contribution is 2.31. The van der Waals surface area contributed by atoms with Crippen molar-refractivity contribution in [2.24, 2.45) is 0 Å². The zero-order valence-corrected chi connectivity index (χ0v) is 12.7. The van der Waals surface area contributed by atoms with Crippen molar-refractivity contribution in [1.29, 1.82) is 0 Å². The largest absolute Gasteiger partial charge is 0.505 e. The van der Waals surface area contributed by atoms with E-state index in [-0.39, 0.29) is 11.4 Å². The lowest BCUT2D eigenvalue weighted by molar-refractivity contribution is 0.0591. The second kappa shape index (κ2) is 5.96. The zero-order chi connectivity index (χ0) is 16.4. The van der Waals surface area contributed by atoms with Gasteiger partial charge in [0.25, 0.3) is 0 Å². The monoisotopic (exact) mass is 309 g/mol. The maximum atomic E-state index is 11.5. The molecule has 0 unspecified atom stereocenters. The minimum Gasteiger partial charge on any atom is -0.505 e. The number of aromatic nitrogens is 1. The van der Waals surface area contributed by atoms with E-state index in [1.54, 1.807) is 18.2 Å². The summed E-state index contributed by atoms with van der Waals surface area (Å²) in [5, 5.41) is 11.3. The smallest absolute Gasteiger partial charge is 0.360 e. The van der Waals surface area contributed by atoms with Crippen molar-refractivity contribution in [1.82, 2.24) is 4.98 Å². The van der Waals surface area contributed by atoms with E-state index in [1.807, 2.05) is 31.2 Å². The molecule has 0 aliphatic carbocycles. The molecule has 5 nitrogen and oxygen atoms in total. The van der Waals surface area contributed by atoms with Crippen LogP contribution in [0.25, 0.3) is 10.8 Å². The van der Waals surface area contributed by atoms with E-state index >= 15 is 0 Å². The number of ether oxygens (including phenoxy) is 2. The lowest BCUT2D eigenvalue weighted by atomic mass is 10.1. The molecular weight excluding hydrogens is 294 g/mol. The summed E-state index contributed by atoms with van der Waals surface area (Å²) in [6.45, 7) is 2.01. The number of methoxy groups -OCH3 is 1. The third kappa shape index (κ3) is 2.94. The van der Waals surface area contributed by atoms with Crippen molar-refractivity contribution in [2.75, 3.05) is 7.11 Å². The molecule has 0 fully saturated rings. The Labute approximate surface area is 133 Å². The molecule has 0 radical (unpaired) electrons. The molecule has 0 aliphatic rings. The second-order valence-electron chi connectivity index (χ2n) is 5.11. The molecular formula is C18H15NO4. The molecule has 0 saturated heterocycles. The Kier molecular flexibility index (Phi) is 3.85. The molecule has 0 bridgehead atoms. The van der Waals surface area contributed by atoms with Crippen LogP contribution in [0.15, 0.2) is 48.7 Å². The lowest BCUT2D eigenvalue weighted by Gasteiger charge is -2.09. The van der Waals surface area contributed by atoms with Crippen molar-refractivity contribution in [2.45, 2.75) is 6.92 Å². The first-order valence-corrected chi connectivity index (χ1v) is 7.03. The minimum absolute atomic E-state index is 0.104. The standard InChI is InChI=1S/C18H15NO4/c1-11-3-5-13(6-4-11)23-14-7-8-15-12(9-14)10-19-16(17(15)20)18(21)22-2/h3-10,20H,1-2H3. The van der Waals surface area contributed by atoms with E-state index in [0.29, 0.717) is 16.5 Å². The number of pyridine rings is 1. The Morgan fingerprint density at radius 3 is 2.48 bits per heavy atom. The van der Waals surface area contributed by atoms with E-state index in [4.69, 9.17) is 4.74 Å². The van der Waals surface area contributed by atoms with Crippen molar-refractivity contribution in [3.05, 3.63) is 59.9 Å². The van der Waals surface area contributed by atoms with E-state index < -0.39 is 5.97 Å². The molecule has 23 heavy (non-hydrogen) atoms. The van der Waals surface area contributed by atoms with E-state index in [2.05, 4.69) is 9.72 Å². The second-order valence-corrected chi connectivity index (χ2v) is 5.11. The molecule has 0 aliphatic heterocycles. The van der Waals surface area contributed by atoms with Gasteiger partial charge in [-0.3, -0.25) is 0 Å². The summed E-state index contributed by atoms with van der Waals surface area (Å²) in [6.07, 6.45) is 1.50. The first-order chi connectivity index (χ1) is 11.1. The molecule has 2 aromatic carbocycles. The Bertz CT molecular complexity index is 872. The highest BCUT2D eigenvalue weighted by atomic mass is 16.5. The van der Waals surface area contributed by atoms with Crippen LogP contribution in [0.2, 0.25) is 0 Å². The number of nitrogens with zero attached hydrogens (tertiary/aromatic N) is 1. The van der Waals surface area contributed by atoms with Gasteiger partial charge in [-0.25, -0.2) is 9.78 Å². The van der Waals surface area contributed by atoms with Gasteiger partial charge in [0.2, 0.25) is 0 Å². The molecule has 1 N–H and O–H groups in total. The van der Waals surface area contributed by atoms with Gasteiger partial charge in [0.05, 0.1) is 7.11 Å². The fourth-order valence-electron chi connectivity index (χ4n) is 2.24. The summed E-state index contributed by atoms with van der Waals surface area (Å²) < 4.78 is 10.4. The molecule has 3 rings (SSSR count). The average molecular weight is 309 g/mol. The number of carbonyl (C=O) groups excluding carboxylic acids is 1. The number of esters is 1. The molecule has 5 heteroatoms. The fourth-order valence-corrected chi connectivity index (χ4v) is 2.24. The SMILES string of the molecule is COC(=O)c1ncc2cc(Oc3ccc(C)cc3)ccc2c1O. The van der Waals surface area contributed by atoms with E-state index in [9.17, 15) is 9.90 Å². The van der Waals surface area contributed by atoms with Crippen molar-refractivity contribution in [3.8, 4) is 17.2 Å². The predicted octanol–water partition coefficient (Wildman–Crippen LogP) is 3.83. The molecule has 0 amide bonds. The number of hydrogen-bond acceptors (Lipinski definition) is 5. The van der Waals surface area contributed by atoms with Gasteiger partial charge in [-0.15, -0.1) is 0 Å². The molecule has 1 aromatic heterocycles. The van der Waals surface area contributed by atoms with Gasteiger partial charge >= 0.3 is 5.97 Å². The third-order valence-electron chi connectivity index (χ3n) is 3.47. The van der Waals surface area contributed by atoms with Gasteiger partial charge in [0.1, 0.15) is 11.5 Å². The predicted molar refractivity (Wildman–Crippen MR) is 86.0 cm³/mol. The van der Waals surface area contributed by atoms with Gasteiger partial charge < -0.3 is 14.6 Å². The topological polar surface area (TPSA) is 68.7 Å². The molecule has 3 aromatic rings. The Morgan fingerprint density at radius 1 is 1.09 bits per heavy atom. The van der Waals surface area contributed by atoms with Gasteiger partial charge in [-0.05, 0) is 37.3 Å². The number of hydrogen-bond donors (Lipinski definition) is 1. The number of aryl methyl sites for hydroxylation is 1. The summed E-state index contributed by atoms with van der Waals surface area (Å²) >= 11 is 0. The molecule has 0 spiro atoms. The Hall–Kier alpha value is -3.08. The number of fused-ring (bicyclic) bond motifs is 1. The highest BCUT2D eigenvalue weighted by Gasteiger charge is 2.16. The van der Waals surface area contributed by atoms with Crippen molar-refractivity contribution in [3.63, 3.8) is 0 Å². The van der Waals surface area contributed by atoms with Crippen LogP contribution in [0, 0.1) is 6.92 Å². The fraction of sp³-hybridized carbons (Fsp3) is 0.111. The van der Waals surface area contributed by atoms with Gasteiger partial charge in [-0.1, -0.05) is 17.7 Å². The molecule has 116 valence electrons. The first kappa shape index (κ1) is 14.8. The minimum atomic E-state index is -0.676. The van der Waals surface area contributed by atoms with Gasteiger partial charge in [0, 0.05) is 17.0 Å². The third-order valence-corrected chi connectivity index (χ3v) is 3.47. The van der Waals surface area contributed by atoms with Crippen LogP contribution in [0.5, 0.6) is 17.2 Å². The number of carbonyl (C=O) groups is 1. The van der Waals surface area contributed by atoms with Crippen molar-refractivity contribution >= 4 is 16.7 Å². The summed E-state index contributed by atoms with van der Waals surface area (Å²) in [7, 11) is 1.24. The Morgan fingerprint density at radius 2 is 1.78 bits per heavy atom. The average Bonchev–Trinajstić information content (AvgIpc) is 2.56. The maximum Gasteiger partial charge on any atom is 0.360 e. The van der Waals surface area contributed by atoms with E-state index in [1.165, 1.54) is 13.3 Å². The highest BCUT2D eigenvalue weighted by molar-refractivity contribution is 5.99. The normalized spacial score (nSPS) is 10.5. The van der Waals surface area contributed by atoms with Crippen LogP contribution in [0.3, 0.4) is 0 Å². The first-order valence-electron chi connectivity index (χ1n) is 7.03. The van der Waals surface area contributed by atoms with Crippen molar-refractivity contribution < 1.29 is 19.4 Å². The number of aromatic hydroxyl groups is 1. The van der Waals surface area contributed by atoms with Crippen LogP contribution in [-0.2, 0) is 4.74 Å². The summed E-state index contributed by atoms with van der Waals surface area (Å²) in [5.74, 6) is 0.465. The number of benzene rings is 2. The zero-order valence-electron chi connectivity index (χ0n) is 12.7. The van der Waals surface area contributed by atoms with Gasteiger partial charge in [-0.2, -0.15) is 0 Å². The maximum absolute atomic E-state index is 11.5. The van der Waals surface area contributed by atoms with Crippen LogP contribution in [-0.4, -0.2) is 23.2 Å². The summed E-state index contributed by atoms with van der Waals surface area (Å²) in [6, 6.07) is 12.9. The van der Waals surface area contributed by atoms with Crippen LogP contribution >= 0.6 is 0 Å². The summed E-state index contributed by atoms with van der Waals surface area (Å²) in [5.41, 5.74) is 1.05. The Balaban J connectivity index is 1.96. The van der Waals surface area contributed by atoms with E-state index in [0.717, 1.165) is 11.3 Å². The van der Waals surface area contributed by atoms with Crippen LogP contribution in [0.1, 0.15) is 16.1 Å². The quantitative estimate of drug-likeness (QED) is 0.745. The molecule has 0 saturated carbocycles. The number of rotatable bonds is 3. The molecule has 0 atom stereocenters. The van der Waals surface area contributed by atoms with Crippen LogP contribution in [0.4, 0.5) is 0 Å². The van der Waals surface area contributed by atoms with Gasteiger partial charge in [0.15, 0.2) is 11.4 Å².